The quantitative estimate of drug-likeness (QED) is 0.523. The van der Waals surface area contributed by atoms with Crippen LogP contribution in [0, 0.1) is 5.92 Å². The topological polar surface area (TPSA) is 94.3 Å². The zero-order chi connectivity index (χ0) is 13.7. The third-order valence-corrected chi connectivity index (χ3v) is 3.43. The Morgan fingerprint density at radius 1 is 1.47 bits per heavy atom. The number of aromatic nitrogens is 2. The molecule has 1 aromatic rings. The van der Waals surface area contributed by atoms with Gasteiger partial charge in [-0.15, -0.1) is 0 Å². The van der Waals surface area contributed by atoms with Crippen molar-refractivity contribution in [1.82, 2.24) is 9.97 Å². The molecule has 1 aliphatic heterocycles. The van der Waals surface area contributed by atoms with Crippen LogP contribution in [-0.2, 0) is 4.74 Å². The van der Waals surface area contributed by atoms with E-state index in [4.69, 9.17) is 15.3 Å². The maximum Gasteiger partial charge on any atom is 0.205 e. The normalized spacial score (nSPS) is 22.3. The summed E-state index contributed by atoms with van der Waals surface area (Å²) < 4.78 is 10.9. The summed E-state index contributed by atoms with van der Waals surface area (Å²) in [6, 6.07) is 0. The van der Waals surface area contributed by atoms with Crippen molar-refractivity contribution in [2.75, 3.05) is 31.0 Å². The van der Waals surface area contributed by atoms with Crippen molar-refractivity contribution in [3.05, 3.63) is 6.33 Å². The van der Waals surface area contributed by atoms with Gasteiger partial charge in [-0.2, -0.15) is 0 Å². The number of methoxy groups -OCH3 is 1. The molecule has 0 aromatic carbocycles. The summed E-state index contributed by atoms with van der Waals surface area (Å²) in [6.45, 7) is 3.78. The molecular weight excluding hydrogens is 246 g/mol. The van der Waals surface area contributed by atoms with E-state index in [1.807, 2.05) is 0 Å². The van der Waals surface area contributed by atoms with Gasteiger partial charge in [0, 0.05) is 19.1 Å². The van der Waals surface area contributed by atoms with Gasteiger partial charge >= 0.3 is 0 Å². The SMILES string of the molecule is CCC1OCCC1CNc1ncnc(NN)c1OC. The Labute approximate surface area is 112 Å². The number of hydrogen-bond acceptors (Lipinski definition) is 7. The Hall–Kier alpha value is -1.60. The van der Waals surface area contributed by atoms with E-state index in [-0.39, 0.29) is 0 Å². The summed E-state index contributed by atoms with van der Waals surface area (Å²) in [6.07, 6.45) is 3.87. The number of nitrogens with zero attached hydrogens (tertiary/aromatic N) is 2. The van der Waals surface area contributed by atoms with Crippen LogP contribution in [0.2, 0.25) is 0 Å². The highest BCUT2D eigenvalue weighted by atomic mass is 16.5. The van der Waals surface area contributed by atoms with Gasteiger partial charge in [-0.05, 0) is 12.8 Å². The van der Waals surface area contributed by atoms with Gasteiger partial charge in [0.1, 0.15) is 6.33 Å². The van der Waals surface area contributed by atoms with Crippen molar-refractivity contribution in [2.24, 2.45) is 11.8 Å². The maximum absolute atomic E-state index is 5.67. The molecule has 0 bridgehead atoms. The monoisotopic (exact) mass is 267 g/mol. The van der Waals surface area contributed by atoms with Gasteiger partial charge in [-0.25, -0.2) is 15.8 Å². The second-order valence-electron chi connectivity index (χ2n) is 4.50. The lowest BCUT2D eigenvalue weighted by Crippen LogP contribution is -2.23. The molecule has 4 N–H and O–H groups in total. The lowest BCUT2D eigenvalue weighted by molar-refractivity contribution is 0.0900. The number of hydrazine groups is 1. The van der Waals surface area contributed by atoms with Crippen LogP contribution < -0.4 is 21.3 Å². The summed E-state index contributed by atoms with van der Waals surface area (Å²) in [7, 11) is 1.57. The molecule has 2 atom stereocenters. The molecule has 7 nitrogen and oxygen atoms in total. The summed E-state index contributed by atoms with van der Waals surface area (Å²) in [4.78, 5) is 8.19. The molecule has 7 heteroatoms. The molecular formula is C12H21N5O2. The molecule has 0 aliphatic carbocycles. The Morgan fingerprint density at radius 3 is 2.95 bits per heavy atom. The van der Waals surface area contributed by atoms with Crippen molar-refractivity contribution >= 4 is 11.6 Å². The predicted molar refractivity (Wildman–Crippen MR) is 73.0 cm³/mol. The standard InChI is InChI=1S/C12H21N5O2/c1-3-9-8(4-5-19-9)6-14-11-10(18-2)12(17-13)16-7-15-11/h7-9H,3-6,13H2,1-2H3,(H2,14,15,16,17). The van der Waals surface area contributed by atoms with Crippen molar-refractivity contribution < 1.29 is 9.47 Å². The van der Waals surface area contributed by atoms with Gasteiger partial charge in [0.05, 0.1) is 13.2 Å². The first-order chi connectivity index (χ1) is 9.30. The highest BCUT2D eigenvalue weighted by Crippen LogP contribution is 2.29. The molecule has 1 aliphatic rings. The fourth-order valence-electron chi connectivity index (χ4n) is 2.40. The van der Waals surface area contributed by atoms with Crippen molar-refractivity contribution in [3.63, 3.8) is 0 Å². The number of ether oxygens (including phenoxy) is 2. The van der Waals surface area contributed by atoms with Crippen LogP contribution in [0.15, 0.2) is 6.33 Å². The van der Waals surface area contributed by atoms with E-state index >= 15 is 0 Å². The van der Waals surface area contributed by atoms with Gasteiger partial charge in [0.25, 0.3) is 0 Å². The van der Waals surface area contributed by atoms with Gasteiger partial charge in [0.15, 0.2) is 11.6 Å². The van der Waals surface area contributed by atoms with Crippen LogP contribution >= 0.6 is 0 Å². The minimum atomic E-state index is 0.326. The third-order valence-electron chi connectivity index (χ3n) is 3.43. The van der Waals surface area contributed by atoms with Crippen molar-refractivity contribution in [3.8, 4) is 5.75 Å². The van der Waals surface area contributed by atoms with E-state index in [1.165, 1.54) is 6.33 Å². The van der Waals surface area contributed by atoms with E-state index in [0.717, 1.165) is 26.0 Å². The Balaban J connectivity index is 2.03. The van der Waals surface area contributed by atoms with Crippen LogP contribution in [-0.4, -0.2) is 36.3 Å². The molecule has 0 saturated carbocycles. The average molecular weight is 267 g/mol. The lowest BCUT2D eigenvalue weighted by Gasteiger charge is -2.18. The van der Waals surface area contributed by atoms with E-state index < -0.39 is 0 Å². The number of hydrogen-bond donors (Lipinski definition) is 3. The minimum absolute atomic E-state index is 0.326. The van der Waals surface area contributed by atoms with E-state index in [9.17, 15) is 0 Å². The number of nitrogens with one attached hydrogen (secondary N) is 2. The van der Waals surface area contributed by atoms with Crippen molar-refractivity contribution in [2.45, 2.75) is 25.9 Å². The Bertz CT molecular complexity index is 415. The summed E-state index contributed by atoms with van der Waals surface area (Å²) in [5.74, 6) is 7.53. The molecule has 19 heavy (non-hydrogen) atoms. The smallest absolute Gasteiger partial charge is 0.205 e. The van der Waals surface area contributed by atoms with Gasteiger partial charge < -0.3 is 20.2 Å². The molecule has 2 unspecified atom stereocenters. The van der Waals surface area contributed by atoms with Gasteiger partial charge in [-0.3, -0.25) is 0 Å². The first kappa shape index (κ1) is 13.8. The number of rotatable bonds is 6. The molecule has 2 rings (SSSR count). The molecule has 1 saturated heterocycles. The lowest BCUT2D eigenvalue weighted by atomic mass is 10.00. The molecule has 1 aromatic heterocycles. The highest BCUT2D eigenvalue weighted by Gasteiger charge is 2.26. The molecule has 0 radical (unpaired) electrons. The van der Waals surface area contributed by atoms with Crippen LogP contribution in [0.4, 0.5) is 11.6 Å². The zero-order valence-corrected chi connectivity index (χ0v) is 11.3. The second-order valence-corrected chi connectivity index (χ2v) is 4.50. The third kappa shape index (κ3) is 3.05. The Kier molecular flexibility index (Phi) is 4.75. The minimum Gasteiger partial charge on any atom is -0.490 e. The largest absolute Gasteiger partial charge is 0.490 e. The Morgan fingerprint density at radius 2 is 2.26 bits per heavy atom. The number of anilines is 2. The molecule has 0 amide bonds. The van der Waals surface area contributed by atoms with Crippen LogP contribution in [0.25, 0.3) is 0 Å². The number of nitrogen functional groups attached to an aromatic ring is 1. The van der Waals surface area contributed by atoms with Gasteiger partial charge in [0.2, 0.25) is 5.75 Å². The molecule has 1 fully saturated rings. The van der Waals surface area contributed by atoms with E-state index in [0.29, 0.717) is 29.4 Å². The average Bonchev–Trinajstić information content (AvgIpc) is 2.91. The van der Waals surface area contributed by atoms with Gasteiger partial charge in [-0.1, -0.05) is 6.92 Å². The zero-order valence-electron chi connectivity index (χ0n) is 11.3. The van der Waals surface area contributed by atoms with Crippen LogP contribution in [0.3, 0.4) is 0 Å². The molecule has 0 spiro atoms. The predicted octanol–water partition coefficient (Wildman–Crippen LogP) is 0.998. The van der Waals surface area contributed by atoms with E-state index in [2.05, 4.69) is 27.6 Å². The summed E-state index contributed by atoms with van der Waals surface area (Å²) >= 11 is 0. The van der Waals surface area contributed by atoms with Crippen LogP contribution in [0.5, 0.6) is 5.75 Å². The van der Waals surface area contributed by atoms with Crippen LogP contribution in [0.1, 0.15) is 19.8 Å². The molecule has 106 valence electrons. The van der Waals surface area contributed by atoms with Crippen molar-refractivity contribution in [1.29, 1.82) is 0 Å². The summed E-state index contributed by atoms with van der Waals surface area (Å²) in [5, 5.41) is 3.29. The summed E-state index contributed by atoms with van der Waals surface area (Å²) in [5.41, 5.74) is 2.49. The number of nitrogens with two attached hydrogens (primary N) is 1. The fourth-order valence-corrected chi connectivity index (χ4v) is 2.40. The van der Waals surface area contributed by atoms with E-state index in [1.54, 1.807) is 7.11 Å². The fraction of sp³-hybridized carbons (Fsp3) is 0.667. The first-order valence-electron chi connectivity index (χ1n) is 6.51. The first-order valence-corrected chi connectivity index (χ1v) is 6.51. The maximum atomic E-state index is 5.67. The second kappa shape index (κ2) is 6.53. The highest BCUT2D eigenvalue weighted by molar-refractivity contribution is 5.62. The molecule has 2 heterocycles.